The van der Waals surface area contributed by atoms with E-state index in [4.69, 9.17) is 20.6 Å². The van der Waals surface area contributed by atoms with Crippen LogP contribution in [-0.2, 0) is 40.1 Å². The van der Waals surface area contributed by atoms with Crippen LogP contribution in [0, 0.1) is 23.7 Å². The molecule has 0 fully saturated rings. The van der Waals surface area contributed by atoms with Gasteiger partial charge in [0, 0.05) is 85.2 Å². The topological polar surface area (TPSA) is 289 Å². The van der Waals surface area contributed by atoms with Crippen LogP contribution in [-0.4, -0.2) is 33.7 Å². The second-order valence-corrected chi connectivity index (χ2v) is 39.3. The van der Waals surface area contributed by atoms with Gasteiger partial charge in [-0.15, -0.1) is 45.3 Å². The number of allylic oxidation sites excluding steroid dienone is 8. The van der Waals surface area contributed by atoms with Crippen LogP contribution in [0.25, 0.3) is 0 Å². The first-order chi connectivity index (χ1) is 44.2. The molecule has 0 spiro atoms. The molecule has 8 aromatic rings. The van der Waals surface area contributed by atoms with E-state index in [9.17, 15) is 33.7 Å². The molecule has 4 aliphatic heterocycles. The number of fused-ring (bicyclic) bond motifs is 12. The zero-order valence-electron chi connectivity index (χ0n) is 48.6. The molecule has 12 N–H and O–H groups in total. The van der Waals surface area contributed by atoms with Crippen LogP contribution in [0.2, 0.25) is 0 Å². The summed E-state index contributed by atoms with van der Waals surface area (Å²) in [4.78, 5) is 4.52. The van der Waals surface area contributed by atoms with Gasteiger partial charge >= 0.3 is 0 Å². The maximum Gasteiger partial charge on any atom is 0.238 e. The number of nitrogens with one attached hydrogen (secondary N) is 4. The number of anilines is 4. The molecule has 29 heteroatoms. The minimum atomic E-state index is -3.70. The average molecular weight is 1720 g/mol. The summed E-state index contributed by atoms with van der Waals surface area (Å²) in [6.07, 6.45) is 21.4. The smallest absolute Gasteiger partial charge is 0.238 e. The summed E-state index contributed by atoms with van der Waals surface area (Å²) in [5.41, 5.74) is 9.24. The van der Waals surface area contributed by atoms with Crippen molar-refractivity contribution in [3.05, 3.63) is 225 Å². The van der Waals surface area contributed by atoms with E-state index in [1.165, 1.54) is 20.2 Å². The lowest BCUT2D eigenvalue weighted by atomic mass is 9.77. The number of hydrogen-bond donors (Lipinski definition) is 8. The van der Waals surface area contributed by atoms with E-state index in [-0.39, 0.29) is 67.4 Å². The molecule has 0 bridgehead atoms. The fourth-order valence-electron chi connectivity index (χ4n) is 14.2. The molecule has 0 saturated carbocycles. The highest BCUT2D eigenvalue weighted by Gasteiger charge is 2.43. The van der Waals surface area contributed by atoms with Crippen LogP contribution in [0.4, 0.5) is 22.7 Å². The van der Waals surface area contributed by atoms with Crippen molar-refractivity contribution in [3.63, 3.8) is 0 Å². The Labute approximate surface area is 598 Å². The molecular formula is C64H59Br5N8O8S8. The second-order valence-electron chi connectivity index (χ2n) is 23.8. The molecule has 8 aliphatic rings. The van der Waals surface area contributed by atoms with E-state index in [1.54, 1.807) is 93.9 Å². The first-order valence-electron chi connectivity index (χ1n) is 29.2. The Morgan fingerprint density at radius 1 is 0.387 bits per heavy atom. The molecule has 4 aromatic heterocycles. The summed E-state index contributed by atoms with van der Waals surface area (Å²) in [6.45, 7) is 0. The number of hydrogen-bond acceptors (Lipinski definition) is 16. The first kappa shape index (κ1) is 67.4. The molecule has 12 atom stereocenters. The summed E-state index contributed by atoms with van der Waals surface area (Å²) in [5, 5.41) is 41.8. The minimum absolute atomic E-state index is 0.167. The van der Waals surface area contributed by atoms with Gasteiger partial charge in [0.2, 0.25) is 40.1 Å². The largest absolute Gasteiger partial charge is 0.378 e. The van der Waals surface area contributed by atoms with Crippen molar-refractivity contribution in [2.45, 2.75) is 93.1 Å². The van der Waals surface area contributed by atoms with Gasteiger partial charge in [-0.25, -0.2) is 54.2 Å². The Balaban J connectivity index is 0.000000113. The highest BCUT2D eigenvalue weighted by Crippen LogP contribution is 2.56. The summed E-state index contributed by atoms with van der Waals surface area (Å²) in [6, 6.07) is 29.8. The fraction of sp³-hybridized carbons (Fsp3) is 0.250. The monoisotopic (exact) mass is 1720 g/mol. The third-order valence-electron chi connectivity index (χ3n) is 18.4. The molecule has 0 amide bonds. The van der Waals surface area contributed by atoms with Crippen LogP contribution >= 0.6 is 125 Å². The Morgan fingerprint density at radius 2 is 0.774 bits per heavy atom. The summed E-state index contributed by atoms with van der Waals surface area (Å²) in [7, 11) is -14.7. The average Bonchev–Trinajstić information content (AvgIpc) is 1.59. The molecule has 93 heavy (non-hydrogen) atoms. The minimum Gasteiger partial charge on any atom is -0.378 e. The van der Waals surface area contributed by atoms with Gasteiger partial charge in [-0.1, -0.05) is 48.6 Å². The standard InChI is InChI=1S/C16H14Br2N2O2S2.3C16H15BrN2O2S2/c17-12-7-23-16(14(12)18)15-10-3-1-2-9(10)11-6-8(24(19,21)22)4-5-13(11)20-15;17-9-6-15(22-8-9)16-12-3-1-2-11(12)13-7-10(23(18,20)21)4-5-14(13)19-16;17-15-6-9(8-22-15)16-12-3-1-2-11(12)13-7-10(23(18,20)21)4-5-14(13)19-16;17-15-7-6-14(22-15)16-11-3-1-2-10(11)12-8-9(23(18,20)21)4-5-13(12)19-16/h1-2,4-7,9-10,15,20H,3H2,(H2,19,21,22);2*1-2,4-8,11-12,16,19H,3H2,(H2,18,20,21);1-2,4-8,10-11,16,19H,3H2,(H2,18,20,21)/t9-,10+,15-;11-,12+,16-;11-,12+,16+;10-,11+,16-/m0000/s1. The van der Waals surface area contributed by atoms with Crippen LogP contribution in [0.1, 0.15) is 116 Å². The second kappa shape index (κ2) is 26.6. The maximum atomic E-state index is 11.7. The van der Waals surface area contributed by atoms with Gasteiger partial charge in [0.1, 0.15) is 0 Å². The van der Waals surface area contributed by atoms with Crippen molar-refractivity contribution < 1.29 is 33.7 Å². The zero-order chi connectivity index (χ0) is 65.6. The molecule has 486 valence electrons. The fourth-order valence-corrected chi connectivity index (χ4v) is 23.1. The Bertz CT molecular complexity index is 4520. The Hall–Kier alpha value is -4.12. The molecule has 16 nitrogen and oxygen atoms in total. The molecule has 0 radical (unpaired) electrons. The molecular weight excluding hydrogens is 1660 g/mol. The zero-order valence-corrected chi connectivity index (χ0v) is 63.0. The van der Waals surface area contributed by atoms with Crippen LogP contribution in [0.3, 0.4) is 0 Å². The molecule has 0 saturated heterocycles. The van der Waals surface area contributed by atoms with E-state index in [0.717, 1.165) is 91.7 Å². The third-order valence-corrected chi connectivity index (χ3v) is 30.7. The number of benzene rings is 4. The van der Waals surface area contributed by atoms with Crippen molar-refractivity contribution in [2.75, 3.05) is 21.3 Å². The van der Waals surface area contributed by atoms with Gasteiger partial charge < -0.3 is 21.3 Å². The maximum absolute atomic E-state index is 11.7. The van der Waals surface area contributed by atoms with Gasteiger partial charge in [-0.3, -0.25) is 0 Å². The molecule has 8 heterocycles. The summed E-state index contributed by atoms with van der Waals surface area (Å²) >= 11 is 24.7. The normalized spacial score (nSPS) is 25.6. The van der Waals surface area contributed by atoms with Gasteiger partial charge in [0.05, 0.1) is 51.3 Å². The third kappa shape index (κ3) is 13.9. The van der Waals surface area contributed by atoms with Crippen molar-refractivity contribution in [2.24, 2.45) is 44.2 Å². The van der Waals surface area contributed by atoms with E-state index >= 15 is 0 Å². The van der Waals surface area contributed by atoms with Gasteiger partial charge in [-0.2, -0.15) is 0 Å². The van der Waals surface area contributed by atoms with Crippen molar-refractivity contribution in [1.29, 1.82) is 0 Å². The lowest BCUT2D eigenvalue weighted by molar-refractivity contribution is 0.425. The SMILES string of the molecule is NS(=O)(=O)c1ccc2c(c1)[C@H]1C=CC[C@H]1[C@@H](c1cc(Br)cs1)N2.NS(=O)(=O)c1ccc2c(c1)[C@H]1C=CC[C@H]1[C@@H](c1ccc(Br)s1)N2.NS(=O)(=O)c1ccc2c(c1)[C@H]1C=CC[C@H]1[C@@H](c1csc(Br)c1)N2.NS(=O)(=O)c1ccc2c(c1)[C@H]1C=CC[C@H]1[C@@H](c1scc(Br)c1Br)N2. The highest BCUT2D eigenvalue weighted by molar-refractivity contribution is 9.13. The molecule has 4 aliphatic carbocycles. The number of nitrogens with two attached hydrogens (primary N) is 4. The van der Waals surface area contributed by atoms with Crippen molar-refractivity contribution in [1.82, 2.24) is 0 Å². The van der Waals surface area contributed by atoms with E-state index in [0.29, 0.717) is 23.7 Å². The Kier molecular flexibility index (Phi) is 19.3. The predicted octanol–water partition coefficient (Wildman–Crippen LogP) is 16.7. The van der Waals surface area contributed by atoms with Crippen LogP contribution < -0.4 is 41.8 Å². The number of rotatable bonds is 8. The van der Waals surface area contributed by atoms with Gasteiger partial charge in [0.25, 0.3) is 0 Å². The Morgan fingerprint density at radius 3 is 1.12 bits per heavy atom. The lowest BCUT2D eigenvalue weighted by Gasteiger charge is -2.37. The number of thiophene rings is 4. The summed E-state index contributed by atoms with van der Waals surface area (Å²) in [5.74, 6) is 2.39. The first-order valence-corrected chi connectivity index (χ1v) is 42.8. The van der Waals surface area contributed by atoms with Crippen molar-refractivity contribution in [3.8, 4) is 0 Å². The van der Waals surface area contributed by atoms with Crippen LogP contribution in [0.5, 0.6) is 0 Å². The number of halogens is 5. The van der Waals surface area contributed by atoms with E-state index in [2.05, 4.69) is 190 Å². The molecule has 4 aromatic carbocycles. The van der Waals surface area contributed by atoms with Gasteiger partial charge in [0.15, 0.2) is 0 Å². The molecule has 16 rings (SSSR count). The van der Waals surface area contributed by atoms with Crippen LogP contribution in [0.15, 0.2) is 202 Å². The highest BCUT2D eigenvalue weighted by atomic mass is 79.9. The number of sulfonamides is 4. The number of primary sulfonamides is 4. The van der Waals surface area contributed by atoms with E-state index < -0.39 is 40.1 Å². The lowest BCUT2D eigenvalue weighted by Crippen LogP contribution is -2.29. The predicted molar refractivity (Wildman–Crippen MR) is 392 cm³/mol. The molecule has 0 unspecified atom stereocenters. The van der Waals surface area contributed by atoms with Gasteiger partial charge in [-0.05, 0) is 259 Å². The van der Waals surface area contributed by atoms with Crippen molar-refractivity contribution >= 4 is 188 Å². The summed E-state index contributed by atoms with van der Waals surface area (Å²) < 4.78 is 98.6. The van der Waals surface area contributed by atoms with E-state index in [1.807, 2.05) is 24.3 Å². The quantitative estimate of drug-likeness (QED) is 0.0659.